The predicted octanol–water partition coefficient (Wildman–Crippen LogP) is 3.56. The molecule has 0 spiro atoms. The molecule has 1 atom stereocenters. The van der Waals surface area contributed by atoms with Gasteiger partial charge in [-0.15, -0.1) is 0 Å². The van der Waals surface area contributed by atoms with Crippen molar-refractivity contribution in [3.63, 3.8) is 0 Å². The number of rotatable bonds is 8. The molecule has 2 heteroatoms. The Morgan fingerprint density at radius 3 is 2.47 bits per heavy atom. The van der Waals surface area contributed by atoms with Crippen LogP contribution in [0.1, 0.15) is 47.5 Å². The van der Waals surface area contributed by atoms with Gasteiger partial charge in [-0.05, 0) is 25.2 Å². The summed E-state index contributed by atoms with van der Waals surface area (Å²) in [7, 11) is 0. The number of hydrogen-bond donors (Lipinski definition) is 0. The van der Waals surface area contributed by atoms with E-state index in [2.05, 4.69) is 39.6 Å². The van der Waals surface area contributed by atoms with Crippen LogP contribution in [0.15, 0.2) is 4.99 Å². The molecule has 0 aromatic rings. The molecule has 0 bridgehead atoms. The summed E-state index contributed by atoms with van der Waals surface area (Å²) in [4.78, 5) is 4.48. The van der Waals surface area contributed by atoms with Crippen molar-refractivity contribution < 1.29 is 4.74 Å². The standard InChI is InChI=1S/C13H27NO/c1-6-12(4)10-15-8-7-14-13(5)9-11(2)3/h11-12H,6-10H2,1-5H3. The highest BCUT2D eigenvalue weighted by atomic mass is 16.5. The molecular formula is C13H27NO. The molecule has 2 nitrogen and oxygen atoms in total. The molecule has 0 amide bonds. The van der Waals surface area contributed by atoms with E-state index in [1.165, 1.54) is 12.1 Å². The van der Waals surface area contributed by atoms with Gasteiger partial charge in [0.25, 0.3) is 0 Å². The fourth-order valence-corrected chi connectivity index (χ4v) is 1.36. The van der Waals surface area contributed by atoms with Gasteiger partial charge < -0.3 is 4.74 Å². The van der Waals surface area contributed by atoms with Gasteiger partial charge >= 0.3 is 0 Å². The molecule has 0 aromatic carbocycles. The highest BCUT2D eigenvalue weighted by Crippen LogP contribution is 2.02. The zero-order valence-electron chi connectivity index (χ0n) is 11.0. The van der Waals surface area contributed by atoms with E-state index in [0.29, 0.717) is 11.8 Å². The minimum absolute atomic E-state index is 0.672. The molecule has 0 heterocycles. The van der Waals surface area contributed by atoms with Crippen molar-refractivity contribution in [2.45, 2.75) is 47.5 Å². The highest BCUT2D eigenvalue weighted by Gasteiger charge is 1.98. The Hall–Kier alpha value is -0.370. The summed E-state index contributed by atoms with van der Waals surface area (Å²) in [5.41, 5.74) is 1.25. The van der Waals surface area contributed by atoms with Gasteiger partial charge in [-0.1, -0.05) is 34.1 Å². The van der Waals surface area contributed by atoms with Gasteiger partial charge in [-0.2, -0.15) is 0 Å². The van der Waals surface area contributed by atoms with Crippen LogP contribution in [-0.2, 0) is 4.74 Å². The molecular weight excluding hydrogens is 186 g/mol. The van der Waals surface area contributed by atoms with Gasteiger partial charge in [0.2, 0.25) is 0 Å². The van der Waals surface area contributed by atoms with Gasteiger partial charge in [0.15, 0.2) is 0 Å². The summed E-state index contributed by atoms with van der Waals surface area (Å²) in [6.07, 6.45) is 2.29. The second kappa shape index (κ2) is 8.90. The molecule has 0 saturated carbocycles. The zero-order chi connectivity index (χ0) is 11.7. The first kappa shape index (κ1) is 14.6. The summed E-state index contributed by atoms with van der Waals surface area (Å²) in [5.74, 6) is 1.38. The Morgan fingerprint density at radius 2 is 1.93 bits per heavy atom. The minimum Gasteiger partial charge on any atom is -0.379 e. The summed E-state index contributed by atoms with van der Waals surface area (Å²) >= 11 is 0. The molecule has 90 valence electrons. The lowest BCUT2D eigenvalue weighted by Gasteiger charge is -2.08. The lowest BCUT2D eigenvalue weighted by atomic mass is 10.1. The van der Waals surface area contributed by atoms with E-state index in [0.717, 1.165) is 26.2 Å². The van der Waals surface area contributed by atoms with Crippen LogP contribution in [0, 0.1) is 11.8 Å². The third kappa shape index (κ3) is 9.92. The van der Waals surface area contributed by atoms with Gasteiger partial charge in [0.1, 0.15) is 0 Å². The van der Waals surface area contributed by atoms with E-state index in [1.54, 1.807) is 0 Å². The predicted molar refractivity (Wildman–Crippen MR) is 67.7 cm³/mol. The van der Waals surface area contributed by atoms with Crippen LogP contribution < -0.4 is 0 Å². The topological polar surface area (TPSA) is 21.6 Å². The molecule has 1 unspecified atom stereocenters. The van der Waals surface area contributed by atoms with Crippen LogP contribution in [0.2, 0.25) is 0 Å². The molecule has 0 aliphatic rings. The number of hydrogen-bond acceptors (Lipinski definition) is 2. The Balaban J connectivity index is 3.44. The van der Waals surface area contributed by atoms with Crippen LogP contribution in [0.4, 0.5) is 0 Å². The Labute approximate surface area is 95.1 Å². The summed E-state index contributed by atoms with van der Waals surface area (Å²) < 4.78 is 5.53. The van der Waals surface area contributed by atoms with Crippen molar-refractivity contribution in [2.24, 2.45) is 16.8 Å². The smallest absolute Gasteiger partial charge is 0.0661 e. The minimum atomic E-state index is 0.672. The van der Waals surface area contributed by atoms with Crippen molar-refractivity contribution in [1.82, 2.24) is 0 Å². The fourth-order valence-electron chi connectivity index (χ4n) is 1.36. The average Bonchev–Trinajstić information content (AvgIpc) is 2.15. The summed E-state index contributed by atoms with van der Waals surface area (Å²) in [6, 6.07) is 0. The Morgan fingerprint density at radius 1 is 1.27 bits per heavy atom. The molecule has 0 aromatic heterocycles. The van der Waals surface area contributed by atoms with Gasteiger partial charge in [0, 0.05) is 12.3 Å². The molecule has 0 radical (unpaired) electrons. The lowest BCUT2D eigenvalue weighted by molar-refractivity contribution is 0.110. The normalized spacial score (nSPS) is 14.7. The third-order valence-electron chi connectivity index (χ3n) is 2.42. The fraction of sp³-hybridized carbons (Fsp3) is 0.923. The summed E-state index contributed by atoms with van der Waals surface area (Å²) in [5, 5.41) is 0. The van der Waals surface area contributed by atoms with E-state index in [-0.39, 0.29) is 0 Å². The quantitative estimate of drug-likeness (QED) is 0.446. The second-order valence-corrected chi connectivity index (χ2v) is 4.80. The second-order valence-electron chi connectivity index (χ2n) is 4.80. The molecule has 0 N–H and O–H groups in total. The van der Waals surface area contributed by atoms with Crippen LogP contribution in [0.3, 0.4) is 0 Å². The van der Waals surface area contributed by atoms with Crippen LogP contribution in [-0.4, -0.2) is 25.5 Å². The molecule has 0 saturated heterocycles. The highest BCUT2D eigenvalue weighted by molar-refractivity contribution is 5.82. The first-order valence-electron chi connectivity index (χ1n) is 6.13. The maximum absolute atomic E-state index is 5.53. The van der Waals surface area contributed by atoms with E-state index in [9.17, 15) is 0 Å². The van der Waals surface area contributed by atoms with Crippen molar-refractivity contribution in [1.29, 1.82) is 0 Å². The maximum atomic E-state index is 5.53. The molecule has 0 fully saturated rings. The number of nitrogens with zero attached hydrogens (tertiary/aromatic N) is 1. The van der Waals surface area contributed by atoms with Crippen LogP contribution >= 0.6 is 0 Å². The zero-order valence-corrected chi connectivity index (χ0v) is 11.0. The third-order valence-corrected chi connectivity index (χ3v) is 2.42. The van der Waals surface area contributed by atoms with Crippen molar-refractivity contribution >= 4 is 5.71 Å². The SMILES string of the molecule is CCC(C)COCCN=C(C)CC(C)C. The first-order chi connectivity index (χ1) is 7.06. The van der Waals surface area contributed by atoms with E-state index in [1.807, 2.05) is 0 Å². The van der Waals surface area contributed by atoms with Gasteiger partial charge in [-0.25, -0.2) is 0 Å². The largest absolute Gasteiger partial charge is 0.379 e. The van der Waals surface area contributed by atoms with Crippen molar-refractivity contribution in [3.05, 3.63) is 0 Å². The molecule has 15 heavy (non-hydrogen) atoms. The Bertz CT molecular complexity index is 175. The average molecular weight is 213 g/mol. The van der Waals surface area contributed by atoms with Crippen molar-refractivity contribution in [3.8, 4) is 0 Å². The van der Waals surface area contributed by atoms with Gasteiger partial charge in [0.05, 0.1) is 13.2 Å². The van der Waals surface area contributed by atoms with E-state index in [4.69, 9.17) is 4.74 Å². The first-order valence-corrected chi connectivity index (χ1v) is 6.13. The van der Waals surface area contributed by atoms with Crippen LogP contribution in [0.5, 0.6) is 0 Å². The van der Waals surface area contributed by atoms with Crippen molar-refractivity contribution in [2.75, 3.05) is 19.8 Å². The van der Waals surface area contributed by atoms with E-state index < -0.39 is 0 Å². The van der Waals surface area contributed by atoms with Crippen LogP contribution in [0.25, 0.3) is 0 Å². The van der Waals surface area contributed by atoms with Gasteiger partial charge in [-0.3, -0.25) is 4.99 Å². The Kier molecular flexibility index (Phi) is 8.68. The molecule has 0 rings (SSSR count). The molecule has 0 aliphatic carbocycles. The monoisotopic (exact) mass is 213 g/mol. The maximum Gasteiger partial charge on any atom is 0.0661 e. The number of ether oxygens (including phenoxy) is 1. The summed E-state index contributed by atoms with van der Waals surface area (Å²) in [6.45, 7) is 13.4. The lowest BCUT2D eigenvalue weighted by Crippen LogP contribution is -2.08. The molecule has 0 aliphatic heterocycles. The number of aliphatic imine (C=N–C) groups is 1. The van der Waals surface area contributed by atoms with E-state index >= 15 is 0 Å².